The summed E-state index contributed by atoms with van der Waals surface area (Å²) in [6.07, 6.45) is 4.71. The molecule has 0 radical (unpaired) electrons. The van der Waals surface area contributed by atoms with Gasteiger partial charge < -0.3 is 14.4 Å². The van der Waals surface area contributed by atoms with Crippen LogP contribution in [0.15, 0.2) is 12.1 Å². The van der Waals surface area contributed by atoms with Crippen LogP contribution in [-0.2, 0) is 6.42 Å². The highest BCUT2D eigenvalue weighted by Gasteiger charge is 2.34. The first-order valence-corrected chi connectivity index (χ1v) is 8.00. The first-order valence-electron chi connectivity index (χ1n) is 8.00. The Balaban J connectivity index is 1.53. The maximum atomic E-state index is 12.6. The van der Waals surface area contributed by atoms with Crippen LogP contribution in [0.4, 0.5) is 0 Å². The summed E-state index contributed by atoms with van der Waals surface area (Å²) in [6, 6.07) is 3.90. The number of Topliss-reactive ketones (excluding diaryl/α,β-unsaturated/α-hetero) is 1. The van der Waals surface area contributed by atoms with E-state index in [0.717, 1.165) is 48.7 Å². The molecule has 0 N–H and O–H groups in total. The Hall–Kier alpha value is -1.55. The fraction of sp³-hybridized carbons (Fsp3) is 0.588. The first-order chi connectivity index (χ1) is 10.3. The second-order valence-corrected chi connectivity index (χ2v) is 6.28. The van der Waals surface area contributed by atoms with Crippen molar-refractivity contribution in [2.75, 3.05) is 32.8 Å². The Morgan fingerprint density at radius 1 is 1.05 bits per heavy atom. The van der Waals surface area contributed by atoms with Gasteiger partial charge in [0.2, 0.25) is 0 Å². The number of ketones is 1. The van der Waals surface area contributed by atoms with Crippen LogP contribution in [0.5, 0.6) is 11.5 Å². The van der Waals surface area contributed by atoms with Crippen LogP contribution < -0.4 is 9.47 Å². The zero-order chi connectivity index (χ0) is 14.2. The molecule has 2 aliphatic heterocycles. The lowest BCUT2D eigenvalue weighted by Gasteiger charge is -2.28. The number of carbonyl (C=O) groups excluding carboxylic acids is 1. The summed E-state index contributed by atoms with van der Waals surface area (Å²) in [5, 5.41) is 0. The Morgan fingerprint density at radius 3 is 2.52 bits per heavy atom. The van der Waals surface area contributed by atoms with Crippen molar-refractivity contribution in [3.63, 3.8) is 0 Å². The van der Waals surface area contributed by atoms with Crippen LogP contribution in [0.25, 0.3) is 0 Å². The molecule has 0 amide bonds. The van der Waals surface area contributed by atoms with Crippen molar-refractivity contribution < 1.29 is 14.3 Å². The third-order valence-electron chi connectivity index (χ3n) is 4.80. The van der Waals surface area contributed by atoms with E-state index in [1.807, 2.05) is 12.1 Å². The van der Waals surface area contributed by atoms with Crippen molar-refractivity contribution in [3.8, 4) is 11.5 Å². The molecule has 0 saturated carbocycles. The quantitative estimate of drug-likeness (QED) is 0.836. The van der Waals surface area contributed by atoms with Gasteiger partial charge in [-0.25, -0.2) is 0 Å². The number of fused-ring (bicyclic) bond motifs is 2. The minimum atomic E-state index is 0.113. The van der Waals surface area contributed by atoms with Gasteiger partial charge in [0.25, 0.3) is 0 Å². The Labute approximate surface area is 125 Å². The van der Waals surface area contributed by atoms with Crippen molar-refractivity contribution in [2.24, 2.45) is 5.92 Å². The molecule has 1 atom stereocenters. The van der Waals surface area contributed by atoms with E-state index in [4.69, 9.17) is 9.47 Å². The van der Waals surface area contributed by atoms with Crippen molar-refractivity contribution in [2.45, 2.75) is 25.7 Å². The zero-order valence-corrected chi connectivity index (χ0v) is 12.3. The van der Waals surface area contributed by atoms with Gasteiger partial charge >= 0.3 is 0 Å². The Bertz CT molecular complexity index is 563. The molecule has 1 fully saturated rings. The van der Waals surface area contributed by atoms with E-state index in [1.54, 1.807) is 0 Å². The molecule has 4 rings (SSSR count). The molecule has 1 aliphatic carbocycles. The summed E-state index contributed by atoms with van der Waals surface area (Å²) < 4.78 is 11.2. The molecule has 1 unspecified atom stereocenters. The molecule has 21 heavy (non-hydrogen) atoms. The summed E-state index contributed by atoms with van der Waals surface area (Å²) in [7, 11) is 0. The molecule has 4 heteroatoms. The van der Waals surface area contributed by atoms with Gasteiger partial charge in [-0.3, -0.25) is 4.79 Å². The highest BCUT2D eigenvalue weighted by Crippen LogP contribution is 2.38. The summed E-state index contributed by atoms with van der Waals surface area (Å²) in [6.45, 7) is 4.35. The number of likely N-dealkylation sites (tertiary alicyclic amines) is 1. The third kappa shape index (κ3) is 2.42. The average Bonchev–Trinajstić information content (AvgIpc) is 2.82. The normalized spacial score (nSPS) is 25.0. The van der Waals surface area contributed by atoms with Gasteiger partial charge in [0, 0.05) is 18.0 Å². The van der Waals surface area contributed by atoms with Crippen LogP contribution in [-0.4, -0.2) is 43.5 Å². The maximum Gasteiger partial charge on any atom is 0.167 e. The number of carbonyl (C=O) groups is 1. The van der Waals surface area contributed by atoms with Crippen molar-refractivity contribution in [3.05, 3.63) is 23.3 Å². The van der Waals surface area contributed by atoms with Gasteiger partial charge in [0.05, 0.1) is 0 Å². The van der Waals surface area contributed by atoms with E-state index >= 15 is 0 Å². The number of rotatable bonds is 2. The van der Waals surface area contributed by atoms with Gasteiger partial charge in [-0.05, 0) is 50.0 Å². The maximum absolute atomic E-state index is 12.6. The van der Waals surface area contributed by atoms with E-state index < -0.39 is 0 Å². The summed E-state index contributed by atoms with van der Waals surface area (Å²) >= 11 is 0. The molecule has 2 heterocycles. The van der Waals surface area contributed by atoms with Crippen LogP contribution in [0.2, 0.25) is 0 Å². The Kier molecular flexibility index (Phi) is 3.34. The Morgan fingerprint density at radius 2 is 1.76 bits per heavy atom. The lowest BCUT2D eigenvalue weighted by Crippen LogP contribution is -2.36. The standard InChI is InChI=1S/C17H21NO3/c19-17-13(11-18-4-2-1-3-5-18)8-12-9-15-16(10-14(12)17)21-7-6-20-15/h9-10,13H,1-8,11H2. The second-order valence-electron chi connectivity index (χ2n) is 6.28. The number of hydrogen-bond donors (Lipinski definition) is 0. The van der Waals surface area contributed by atoms with Crippen LogP contribution >= 0.6 is 0 Å². The number of nitrogens with zero attached hydrogens (tertiary/aromatic N) is 1. The van der Waals surface area contributed by atoms with E-state index in [2.05, 4.69) is 4.90 Å². The van der Waals surface area contributed by atoms with Crippen LogP contribution in [0.1, 0.15) is 35.2 Å². The lowest BCUT2D eigenvalue weighted by molar-refractivity contribution is 0.0889. The topological polar surface area (TPSA) is 38.8 Å². The highest BCUT2D eigenvalue weighted by molar-refractivity contribution is 6.03. The van der Waals surface area contributed by atoms with E-state index in [9.17, 15) is 4.79 Å². The number of ether oxygens (including phenoxy) is 2. The minimum Gasteiger partial charge on any atom is -0.486 e. The van der Waals surface area contributed by atoms with Crippen molar-refractivity contribution in [1.29, 1.82) is 0 Å². The van der Waals surface area contributed by atoms with Gasteiger partial charge in [-0.2, -0.15) is 0 Å². The number of benzene rings is 1. The fourth-order valence-electron chi connectivity index (χ4n) is 3.71. The molecule has 112 valence electrons. The monoisotopic (exact) mass is 287 g/mol. The molecular formula is C17H21NO3. The molecule has 0 aromatic heterocycles. The van der Waals surface area contributed by atoms with Crippen molar-refractivity contribution in [1.82, 2.24) is 4.90 Å². The average molecular weight is 287 g/mol. The number of hydrogen-bond acceptors (Lipinski definition) is 4. The first kappa shape index (κ1) is 13.1. The third-order valence-corrected chi connectivity index (χ3v) is 4.80. The predicted octanol–water partition coefficient (Wildman–Crippen LogP) is 2.30. The van der Waals surface area contributed by atoms with Gasteiger partial charge in [0.15, 0.2) is 17.3 Å². The predicted molar refractivity (Wildman–Crippen MR) is 79.2 cm³/mol. The van der Waals surface area contributed by atoms with Crippen LogP contribution in [0, 0.1) is 5.92 Å². The molecule has 1 aromatic carbocycles. The highest BCUT2D eigenvalue weighted by atomic mass is 16.6. The van der Waals surface area contributed by atoms with Crippen molar-refractivity contribution >= 4 is 5.78 Å². The summed E-state index contributed by atoms with van der Waals surface area (Å²) in [4.78, 5) is 15.1. The number of piperidine rings is 1. The minimum absolute atomic E-state index is 0.113. The zero-order valence-electron chi connectivity index (χ0n) is 12.3. The summed E-state index contributed by atoms with van der Waals surface area (Å²) in [5.41, 5.74) is 1.98. The largest absolute Gasteiger partial charge is 0.486 e. The molecule has 0 spiro atoms. The van der Waals surface area contributed by atoms with Gasteiger partial charge in [-0.1, -0.05) is 6.42 Å². The smallest absolute Gasteiger partial charge is 0.167 e. The second kappa shape index (κ2) is 5.34. The molecule has 0 bridgehead atoms. The van der Waals surface area contributed by atoms with Crippen LogP contribution in [0.3, 0.4) is 0 Å². The molecule has 1 saturated heterocycles. The molecule has 4 nitrogen and oxygen atoms in total. The SMILES string of the molecule is O=C1c2cc3c(cc2CC1CN1CCCCC1)OCCO3. The van der Waals surface area contributed by atoms with E-state index in [1.165, 1.54) is 19.3 Å². The molecule has 1 aromatic rings. The summed E-state index contributed by atoms with van der Waals surface area (Å²) in [5.74, 6) is 1.92. The van der Waals surface area contributed by atoms with Gasteiger partial charge in [-0.15, -0.1) is 0 Å². The molecule has 3 aliphatic rings. The molecular weight excluding hydrogens is 266 g/mol. The van der Waals surface area contributed by atoms with E-state index in [-0.39, 0.29) is 11.7 Å². The lowest BCUT2D eigenvalue weighted by atomic mass is 10.0. The van der Waals surface area contributed by atoms with Gasteiger partial charge in [0.1, 0.15) is 13.2 Å². The van der Waals surface area contributed by atoms with E-state index in [0.29, 0.717) is 13.2 Å². The fourth-order valence-corrected chi connectivity index (χ4v) is 3.71.